The first kappa shape index (κ1) is 14.9. The van der Waals surface area contributed by atoms with E-state index in [9.17, 15) is 8.78 Å². The summed E-state index contributed by atoms with van der Waals surface area (Å²) in [5, 5.41) is 3.26. The maximum absolute atomic E-state index is 14.0. The molecule has 4 heteroatoms. The van der Waals surface area contributed by atoms with Gasteiger partial charge in [-0.05, 0) is 48.9 Å². The Labute approximate surface area is 122 Å². The Kier molecular flexibility index (Phi) is 4.73. The van der Waals surface area contributed by atoms with E-state index in [1.807, 2.05) is 13.8 Å². The van der Waals surface area contributed by atoms with Gasteiger partial charge in [0.15, 0.2) is 0 Å². The number of rotatable bonds is 4. The molecule has 0 heterocycles. The van der Waals surface area contributed by atoms with Gasteiger partial charge in [-0.25, -0.2) is 8.78 Å². The molecule has 1 unspecified atom stereocenters. The van der Waals surface area contributed by atoms with Crippen LogP contribution in [0.3, 0.4) is 0 Å². The molecule has 2 aromatic carbocycles. The lowest BCUT2D eigenvalue weighted by atomic mass is 9.99. The predicted octanol–water partition coefficient (Wildman–Crippen LogP) is 4.96. The zero-order valence-corrected chi connectivity index (χ0v) is 12.1. The summed E-state index contributed by atoms with van der Waals surface area (Å²) in [6, 6.07) is 9.28. The lowest BCUT2D eigenvalue weighted by Gasteiger charge is -2.14. The van der Waals surface area contributed by atoms with Crippen molar-refractivity contribution in [2.75, 3.05) is 6.54 Å². The molecule has 2 rings (SSSR count). The summed E-state index contributed by atoms with van der Waals surface area (Å²) in [7, 11) is 0. The Morgan fingerprint density at radius 1 is 1.10 bits per heavy atom. The van der Waals surface area contributed by atoms with Crippen molar-refractivity contribution >= 4 is 11.6 Å². The summed E-state index contributed by atoms with van der Waals surface area (Å²) in [5.41, 5.74) is 1.97. The van der Waals surface area contributed by atoms with Crippen molar-refractivity contribution in [2.45, 2.75) is 19.9 Å². The lowest BCUT2D eigenvalue weighted by molar-refractivity contribution is 0.592. The van der Waals surface area contributed by atoms with Crippen LogP contribution in [0.4, 0.5) is 8.78 Å². The van der Waals surface area contributed by atoms with E-state index < -0.39 is 5.82 Å². The monoisotopic (exact) mass is 295 g/mol. The van der Waals surface area contributed by atoms with E-state index in [0.29, 0.717) is 11.1 Å². The average Bonchev–Trinajstić information content (AvgIpc) is 2.43. The SMILES string of the molecule is CCNC(C)c1ccc(F)c(-c2ccc(F)c(Cl)c2)c1. The van der Waals surface area contributed by atoms with Crippen molar-refractivity contribution in [1.82, 2.24) is 5.32 Å². The lowest BCUT2D eigenvalue weighted by Crippen LogP contribution is -2.17. The van der Waals surface area contributed by atoms with Crippen LogP contribution in [-0.2, 0) is 0 Å². The van der Waals surface area contributed by atoms with Crippen molar-refractivity contribution in [3.8, 4) is 11.1 Å². The molecule has 0 saturated carbocycles. The molecule has 0 aliphatic carbocycles. The fraction of sp³-hybridized carbons (Fsp3) is 0.250. The molecule has 0 radical (unpaired) electrons. The highest BCUT2D eigenvalue weighted by Gasteiger charge is 2.11. The van der Waals surface area contributed by atoms with Gasteiger partial charge in [0.2, 0.25) is 0 Å². The van der Waals surface area contributed by atoms with E-state index in [1.54, 1.807) is 12.1 Å². The van der Waals surface area contributed by atoms with Crippen LogP contribution in [0.2, 0.25) is 5.02 Å². The highest BCUT2D eigenvalue weighted by Crippen LogP contribution is 2.29. The standard InChI is InChI=1S/C16H16ClF2N/c1-3-20-10(2)11-4-6-15(18)13(8-11)12-5-7-16(19)14(17)9-12/h4-10,20H,3H2,1-2H3. The molecular formula is C16H16ClF2N. The van der Waals surface area contributed by atoms with Gasteiger partial charge in [0.05, 0.1) is 5.02 Å². The molecule has 0 aromatic heterocycles. The van der Waals surface area contributed by atoms with E-state index >= 15 is 0 Å². The quantitative estimate of drug-likeness (QED) is 0.841. The third-order valence-electron chi connectivity index (χ3n) is 3.23. The van der Waals surface area contributed by atoms with Crippen LogP contribution in [-0.4, -0.2) is 6.54 Å². The molecule has 0 saturated heterocycles. The number of hydrogen-bond acceptors (Lipinski definition) is 1. The Hall–Kier alpha value is -1.45. The molecule has 1 atom stereocenters. The fourth-order valence-corrected chi connectivity index (χ4v) is 2.30. The second-order valence-corrected chi connectivity index (χ2v) is 5.05. The second kappa shape index (κ2) is 6.33. The third-order valence-corrected chi connectivity index (χ3v) is 3.52. The predicted molar refractivity (Wildman–Crippen MR) is 78.9 cm³/mol. The third kappa shape index (κ3) is 3.17. The van der Waals surface area contributed by atoms with Crippen molar-refractivity contribution in [2.24, 2.45) is 0 Å². The fourth-order valence-electron chi connectivity index (χ4n) is 2.12. The largest absolute Gasteiger partial charge is 0.310 e. The summed E-state index contributed by atoms with van der Waals surface area (Å²) in [5.74, 6) is -0.854. The van der Waals surface area contributed by atoms with E-state index in [4.69, 9.17) is 11.6 Å². The van der Waals surface area contributed by atoms with Crippen molar-refractivity contribution in [3.63, 3.8) is 0 Å². The summed E-state index contributed by atoms with van der Waals surface area (Å²) >= 11 is 5.76. The first-order valence-corrected chi connectivity index (χ1v) is 6.89. The molecule has 20 heavy (non-hydrogen) atoms. The minimum Gasteiger partial charge on any atom is -0.310 e. The molecule has 1 nitrogen and oxygen atoms in total. The van der Waals surface area contributed by atoms with Crippen molar-refractivity contribution in [1.29, 1.82) is 0 Å². The smallest absolute Gasteiger partial charge is 0.141 e. The molecule has 0 aliphatic rings. The molecular weight excluding hydrogens is 280 g/mol. The molecule has 2 aromatic rings. The normalized spacial score (nSPS) is 12.4. The molecule has 106 valence electrons. The molecule has 1 N–H and O–H groups in total. The summed E-state index contributed by atoms with van der Waals surface area (Å²) in [6.45, 7) is 4.86. The molecule has 0 amide bonds. The maximum Gasteiger partial charge on any atom is 0.141 e. The number of halogens is 3. The highest BCUT2D eigenvalue weighted by atomic mass is 35.5. The Morgan fingerprint density at radius 2 is 1.80 bits per heavy atom. The van der Waals surface area contributed by atoms with E-state index in [0.717, 1.165) is 12.1 Å². The molecule has 0 bridgehead atoms. The summed E-state index contributed by atoms with van der Waals surface area (Å²) < 4.78 is 27.2. The van der Waals surface area contributed by atoms with Gasteiger partial charge in [-0.3, -0.25) is 0 Å². The van der Waals surface area contributed by atoms with Crippen LogP contribution in [0.5, 0.6) is 0 Å². The van der Waals surface area contributed by atoms with Gasteiger partial charge < -0.3 is 5.32 Å². The van der Waals surface area contributed by atoms with Crippen LogP contribution in [0, 0.1) is 11.6 Å². The molecule has 0 spiro atoms. The average molecular weight is 296 g/mol. The number of hydrogen-bond donors (Lipinski definition) is 1. The zero-order chi connectivity index (χ0) is 14.7. The van der Waals surface area contributed by atoms with Crippen LogP contribution in [0.15, 0.2) is 36.4 Å². The van der Waals surface area contributed by atoms with E-state index in [-0.39, 0.29) is 16.9 Å². The minimum absolute atomic E-state index is 0.00738. The zero-order valence-electron chi connectivity index (χ0n) is 11.4. The van der Waals surface area contributed by atoms with Gasteiger partial charge in [0.1, 0.15) is 11.6 Å². The van der Waals surface area contributed by atoms with Crippen LogP contribution in [0.1, 0.15) is 25.5 Å². The highest BCUT2D eigenvalue weighted by molar-refractivity contribution is 6.31. The van der Waals surface area contributed by atoms with Gasteiger partial charge in [0, 0.05) is 11.6 Å². The van der Waals surface area contributed by atoms with Gasteiger partial charge in [0.25, 0.3) is 0 Å². The van der Waals surface area contributed by atoms with E-state index in [2.05, 4.69) is 5.32 Å². The van der Waals surface area contributed by atoms with Crippen LogP contribution in [0.25, 0.3) is 11.1 Å². The van der Waals surface area contributed by atoms with Crippen LogP contribution >= 0.6 is 11.6 Å². The van der Waals surface area contributed by atoms with Crippen molar-refractivity contribution in [3.05, 3.63) is 58.6 Å². The van der Waals surface area contributed by atoms with Crippen molar-refractivity contribution < 1.29 is 8.78 Å². The second-order valence-electron chi connectivity index (χ2n) is 4.65. The Balaban J connectivity index is 2.44. The number of benzene rings is 2. The van der Waals surface area contributed by atoms with Gasteiger partial charge >= 0.3 is 0 Å². The first-order chi connectivity index (χ1) is 9.52. The summed E-state index contributed by atoms with van der Waals surface area (Å²) in [4.78, 5) is 0. The topological polar surface area (TPSA) is 12.0 Å². The summed E-state index contributed by atoms with van der Waals surface area (Å²) in [6.07, 6.45) is 0. The number of nitrogens with one attached hydrogen (secondary N) is 1. The Bertz CT molecular complexity index is 613. The van der Waals surface area contributed by atoms with Crippen LogP contribution < -0.4 is 5.32 Å². The van der Waals surface area contributed by atoms with Gasteiger partial charge in [-0.2, -0.15) is 0 Å². The Morgan fingerprint density at radius 3 is 2.45 bits per heavy atom. The maximum atomic E-state index is 14.0. The first-order valence-electron chi connectivity index (χ1n) is 6.51. The van der Waals surface area contributed by atoms with E-state index in [1.165, 1.54) is 24.3 Å². The minimum atomic E-state index is -0.506. The molecule has 0 aliphatic heterocycles. The van der Waals surface area contributed by atoms with Gasteiger partial charge in [-0.15, -0.1) is 0 Å². The molecule has 0 fully saturated rings. The van der Waals surface area contributed by atoms with Gasteiger partial charge in [-0.1, -0.05) is 30.7 Å².